The number of hydrogen-bond acceptors (Lipinski definition) is 2. The molecular weight excluding hydrogens is 270 g/mol. The lowest BCUT2D eigenvalue weighted by Gasteiger charge is -2.17. The number of hydrogen-bond donors (Lipinski definition) is 1. The first-order valence-electron chi connectivity index (χ1n) is 6.78. The molecule has 2 N–H and O–H groups in total. The van der Waals surface area contributed by atoms with Gasteiger partial charge < -0.3 is 10.5 Å². The smallest absolute Gasteiger partial charge is 0.150 e. The van der Waals surface area contributed by atoms with E-state index in [4.69, 9.17) is 22.1 Å². The fraction of sp³-hybridized carbons (Fsp3) is 0.294. The third kappa shape index (κ3) is 3.14. The summed E-state index contributed by atoms with van der Waals surface area (Å²) in [6, 6.07) is 11.9. The van der Waals surface area contributed by atoms with E-state index in [1.807, 2.05) is 31.2 Å². The summed E-state index contributed by atoms with van der Waals surface area (Å²) in [5.74, 6) is 1.89. The highest BCUT2D eigenvalue weighted by molar-refractivity contribution is 6.32. The van der Waals surface area contributed by atoms with Crippen LogP contribution < -0.4 is 10.5 Å². The van der Waals surface area contributed by atoms with Gasteiger partial charge in [-0.3, -0.25) is 0 Å². The fourth-order valence-corrected chi connectivity index (χ4v) is 2.38. The molecule has 0 aliphatic carbocycles. The van der Waals surface area contributed by atoms with Gasteiger partial charge in [-0.2, -0.15) is 0 Å². The Labute approximate surface area is 125 Å². The molecule has 0 unspecified atom stereocenters. The van der Waals surface area contributed by atoms with E-state index < -0.39 is 0 Å². The van der Waals surface area contributed by atoms with Gasteiger partial charge in [0.05, 0.1) is 5.02 Å². The Bertz CT molecular complexity index is 608. The van der Waals surface area contributed by atoms with E-state index >= 15 is 0 Å². The minimum absolute atomic E-state index is 0.384. The van der Waals surface area contributed by atoms with Crippen molar-refractivity contribution in [3.05, 3.63) is 58.1 Å². The van der Waals surface area contributed by atoms with E-state index in [1.54, 1.807) is 0 Å². The van der Waals surface area contributed by atoms with Crippen LogP contribution >= 0.6 is 11.6 Å². The summed E-state index contributed by atoms with van der Waals surface area (Å²) in [7, 11) is 0. The number of para-hydroxylation sites is 1. The van der Waals surface area contributed by atoms with Gasteiger partial charge in [-0.05, 0) is 36.1 Å². The molecule has 2 nitrogen and oxygen atoms in total. The minimum atomic E-state index is 0.384. The molecule has 0 radical (unpaired) electrons. The molecule has 2 aromatic carbocycles. The molecule has 2 rings (SSSR count). The summed E-state index contributed by atoms with van der Waals surface area (Å²) < 4.78 is 6.09. The van der Waals surface area contributed by atoms with Crippen LogP contribution in [0.4, 0.5) is 0 Å². The molecule has 0 fully saturated rings. The monoisotopic (exact) mass is 289 g/mol. The molecule has 106 valence electrons. The molecule has 0 saturated heterocycles. The number of halogens is 1. The predicted molar refractivity (Wildman–Crippen MR) is 84.7 cm³/mol. The lowest BCUT2D eigenvalue weighted by atomic mass is 10.0. The van der Waals surface area contributed by atoms with E-state index in [1.165, 1.54) is 5.56 Å². The van der Waals surface area contributed by atoms with Crippen LogP contribution in [0.25, 0.3) is 0 Å². The first-order valence-corrected chi connectivity index (χ1v) is 7.16. The Kier molecular flexibility index (Phi) is 4.69. The Morgan fingerprint density at radius 2 is 1.95 bits per heavy atom. The summed E-state index contributed by atoms with van der Waals surface area (Å²) in [6.07, 6.45) is 0. The molecule has 0 heterocycles. The molecule has 0 aromatic heterocycles. The van der Waals surface area contributed by atoms with E-state index in [-0.39, 0.29) is 0 Å². The molecule has 0 aliphatic heterocycles. The van der Waals surface area contributed by atoms with Gasteiger partial charge in [0.15, 0.2) is 0 Å². The highest BCUT2D eigenvalue weighted by atomic mass is 35.5. The van der Waals surface area contributed by atoms with Crippen molar-refractivity contribution >= 4 is 11.6 Å². The first kappa shape index (κ1) is 14.9. The summed E-state index contributed by atoms with van der Waals surface area (Å²) >= 11 is 6.25. The van der Waals surface area contributed by atoms with E-state index in [2.05, 4.69) is 26.0 Å². The second kappa shape index (κ2) is 6.29. The number of aryl methyl sites for hydroxylation is 1. The van der Waals surface area contributed by atoms with Crippen LogP contribution in [0.15, 0.2) is 36.4 Å². The molecule has 0 atom stereocenters. The summed E-state index contributed by atoms with van der Waals surface area (Å²) in [6.45, 7) is 6.74. The van der Waals surface area contributed by atoms with Crippen molar-refractivity contribution in [2.45, 2.75) is 33.2 Å². The van der Waals surface area contributed by atoms with Crippen LogP contribution in [-0.2, 0) is 6.54 Å². The average Bonchev–Trinajstić information content (AvgIpc) is 2.40. The molecule has 20 heavy (non-hydrogen) atoms. The van der Waals surface area contributed by atoms with Crippen molar-refractivity contribution in [1.29, 1.82) is 0 Å². The molecule has 0 spiro atoms. The standard InChI is InChI=1S/C17H20ClNO/c1-11(2)14-8-7-12(3)9-16(14)20-17-13(10-19)5-4-6-15(17)18/h4-9,11H,10,19H2,1-3H3. The van der Waals surface area contributed by atoms with Crippen molar-refractivity contribution in [1.82, 2.24) is 0 Å². The Hall–Kier alpha value is -1.51. The van der Waals surface area contributed by atoms with Crippen molar-refractivity contribution < 1.29 is 4.74 Å². The summed E-state index contributed by atoms with van der Waals surface area (Å²) in [5.41, 5.74) is 9.00. The van der Waals surface area contributed by atoms with E-state index in [0.717, 1.165) is 16.9 Å². The average molecular weight is 290 g/mol. The second-order valence-electron chi connectivity index (χ2n) is 5.23. The first-order chi connectivity index (χ1) is 9.52. The van der Waals surface area contributed by atoms with Crippen LogP contribution in [-0.4, -0.2) is 0 Å². The Morgan fingerprint density at radius 1 is 1.20 bits per heavy atom. The largest absolute Gasteiger partial charge is 0.455 e. The van der Waals surface area contributed by atoms with Gasteiger partial charge in [0.1, 0.15) is 11.5 Å². The molecular formula is C17H20ClNO. The maximum Gasteiger partial charge on any atom is 0.150 e. The van der Waals surface area contributed by atoms with Gasteiger partial charge in [-0.15, -0.1) is 0 Å². The zero-order chi connectivity index (χ0) is 14.7. The minimum Gasteiger partial charge on any atom is -0.455 e. The zero-order valence-electron chi connectivity index (χ0n) is 12.1. The van der Waals surface area contributed by atoms with Crippen molar-refractivity contribution in [3.8, 4) is 11.5 Å². The third-order valence-corrected chi connectivity index (χ3v) is 3.57. The van der Waals surface area contributed by atoms with Gasteiger partial charge in [0.2, 0.25) is 0 Å². The summed E-state index contributed by atoms with van der Waals surface area (Å²) in [5, 5.41) is 0.587. The van der Waals surface area contributed by atoms with E-state index in [0.29, 0.717) is 23.2 Å². The van der Waals surface area contributed by atoms with Crippen LogP contribution in [0.2, 0.25) is 5.02 Å². The lowest BCUT2D eigenvalue weighted by molar-refractivity contribution is 0.467. The van der Waals surface area contributed by atoms with Crippen LogP contribution in [0.5, 0.6) is 11.5 Å². The van der Waals surface area contributed by atoms with Crippen molar-refractivity contribution in [3.63, 3.8) is 0 Å². The summed E-state index contributed by atoms with van der Waals surface area (Å²) in [4.78, 5) is 0. The number of ether oxygens (including phenoxy) is 1. The van der Waals surface area contributed by atoms with Gasteiger partial charge in [-0.1, -0.05) is 49.7 Å². The van der Waals surface area contributed by atoms with Crippen molar-refractivity contribution in [2.75, 3.05) is 0 Å². The maximum atomic E-state index is 6.25. The van der Waals surface area contributed by atoms with Crippen molar-refractivity contribution in [2.24, 2.45) is 5.73 Å². The molecule has 0 bridgehead atoms. The molecule has 0 amide bonds. The SMILES string of the molecule is Cc1ccc(C(C)C)c(Oc2c(Cl)cccc2CN)c1. The molecule has 2 aromatic rings. The number of benzene rings is 2. The molecule has 3 heteroatoms. The van der Waals surface area contributed by atoms with Gasteiger partial charge >= 0.3 is 0 Å². The number of nitrogens with two attached hydrogens (primary N) is 1. The van der Waals surface area contributed by atoms with Crippen LogP contribution in [0.1, 0.15) is 36.5 Å². The normalized spacial score (nSPS) is 10.9. The third-order valence-electron chi connectivity index (χ3n) is 3.27. The maximum absolute atomic E-state index is 6.25. The quantitative estimate of drug-likeness (QED) is 0.857. The highest BCUT2D eigenvalue weighted by Crippen LogP contribution is 2.36. The highest BCUT2D eigenvalue weighted by Gasteiger charge is 2.13. The predicted octanol–water partition coefficient (Wildman–Crippen LogP) is 5.02. The number of rotatable bonds is 4. The van der Waals surface area contributed by atoms with Crippen LogP contribution in [0.3, 0.4) is 0 Å². The fourth-order valence-electron chi connectivity index (χ4n) is 2.15. The topological polar surface area (TPSA) is 35.2 Å². The molecule has 0 saturated carbocycles. The van der Waals surface area contributed by atoms with Gasteiger partial charge in [0.25, 0.3) is 0 Å². The lowest BCUT2D eigenvalue weighted by Crippen LogP contribution is -2.01. The van der Waals surface area contributed by atoms with Gasteiger partial charge in [0, 0.05) is 12.1 Å². The molecule has 0 aliphatic rings. The Balaban J connectivity index is 2.47. The van der Waals surface area contributed by atoms with E-state index in [9.17, 15) is 0 Å². The zero-order valence-corrected chi connectivity index (χ0v) is 12.9. The Morgan fingerprint density at radius 3 is 2.60 bits per heavy atom. The van der Waals surface area contributed by atoms with Crippen LogP contribution in [0, 0.1) is 6.92 Å². The second-order valence-corrected chi connectivity index (χ2v) is 5.64. The van der Waals surface area contributed by atoms with Gasteiger partial charge in [-0.25, -0.2) is 0 Å².